The van der Waals surface area contributed by atoms with E-state index in [1.807, 2.05) is 36.7 Å². The Hall–Kier alpha value is -3.59. The zero-order valence-electron chi connectivity index (χ0n) is 18.0. The first-order valence-corrected chi connectivity index (χ1v) is 10.4. The summed E-state index contributed by atoms with van der Waals surface area (Å²) in [6.45, 7) is 7.92. The van der Waals surface area contributed by atoms with E-state index in [9.17, 15) is 0 Å². The van der Waals surface area contributed by atoms with Gasteiger partial charge < -0.3 is 24.1 Å². The molecule has 0 spiro atoms. The number of hydrogen-bond donors (Lipinski definition) is 1. The Morgan fingerprint density at radius 1 is 1.10 bits per heavy atom. The Bertz CT molecular complexity index is 1250. The third-order valence-electron chi connectivity index (χ3n) is 4.75. The predicted octanol–water partition coefficient (Wildman–Crippen LogP) is 4.99. The summed E-state index contributed by atoms with van der Waals surface area (Å²) in [6.07, 6.45) is 3.58. The molecule has 9 heteroatoms. The number of aromatic nitrogens is 4. The molecular formula is C22H23N5O3S. The van der Waals surface area contributed by atoms with Gasteiger partial charge in [0.2, 0.25) is 5.75 Å². The first-order valence-electron chi connectivity index (χ1n) is 9.48. The summed E-state index contributed by atoms with van der Waals surface area (Å²) in [7, 11) is 4.75. The zero-order valence-corrected chi connectivity index (χ0v) is 18.8. The molecule has 1 aromatic carbocycles. The molecule has 3 heterocycles. The van der Waals surface area contributed by atoms with Gasteiger partial charge in [-0.2, -0.15) is 0 Å². The van der Waals surface area contributed by atoms with Gasteiger partial charge in [-0.05, 0) is 30.4 Å². The lowest BCUT2D eigenvalue weighted by atomic mass is 10.2. The van der Waals surface area contributed by atoms with Crippen LogP contribution < -0.4 is 19.5 Å². The van der Waals surface area contributed by atoms with Gasteiger partial charge >= 0.3 is 0 Å². The van der Waals surface area contributed by atoms with E-state index >= 15 is 0 Å². The van der Waals surface area contributed by atoms with E-state index in [-0.39, 0.29) is 0 Å². The Morgan fingerprint density at radius 3 is 2.42 bits per heavy atom. The topological polar surface area (TPSA) is 83.3 Å². The maximum Gasteiger partial charge on any atom is 0.203 e. The molecule has 0 bridgehead atoms. The second-order valence-corrected chi connectivity index (χ2v) is 7.83. The molecule has 1 N–H and O–H groups in total. The lowest BCUT2D eigenvalue weighted by Gasteiger charge is -2.14. The lowest BCUT2D eigenvalue weighted by Crippen LogP contribution is -2.00. The van der Waals surface area contributed by atoms with E-state index in [4.69, 9.17) is 14.2 Å². The van der Waals surface area contributed by atoms with Crippen LogP contribution in [0, 0.1) is 6.92 Å². The number of benzene rings is 1. The highest BCUT2D eigenvalue weighted by atomic mass is 32.1. The van der Waals surface area contributed by atoms with Crippen LogP contribution in [0.4, 0.5) is 11.6 Å². The molecule has 4 aromatic rings. The van der Waals surface area contributed by atoms with Gasteiger partial charge in [-0.3, -0.25) is 0 Å². The summed E-state index contributed by atoms with van der Waals surface area (Å²) in [4.78, 5) is 13.8. The van der Waals surface area contributed by atoms with Crippen molar-refractivity contribution in [3.63, 3.8) is 0 Å². The third-order valence-corrected chi connectivity index (χ3v) is 5.84. The van der Waals surface area contributed by atoms with E-state index in [1.165, 1.54) is 0 Å². The number of rotatable bonds is 7. The van der Waals surface area contributed by atoms with Crippen LogP contribution in [0.3, 0.4) is 0 Å². The predicted molar refractivity (Wildman–Crippen MR) is 123 cm³/mol. The Morgan fingerprint density at radius 2 is 1.81 bits per heavy atom. The van der Waals surface area contributed by atoms with Crippen molar-refractivity contribution in [2.75, 3.05) is 26.6 Å². The van der Waals surface area contributed by atoms with Crippen molar-refractivity contribution in [3.05, 3.63) is 48.0 Å². The van der Waals surface area contributed by atoms with Crippen LogP contribution in [0.5, 0.6) is 17.2 Å². The van der Waals surface area contributed by atoms with Crippen molar-refractivity contribution in [2.24, 2.45) is 0 Å². The van der Waals surface area contributed by atoms with Crippen molar-refractivity contribution >= 4 is 38.8 Å². The number of thiophene rings is 1. The first-order chi connectivity index (χ1) is 14.9. The van der Waals surface area contributed by atoms with Crippen molar-refractivity contribution in [1.82, 2.24) is 19.5 Å². The number of ether oxygens (including phenoxy) is 3. The highest BCUT2D eigenvalue weighted by Gasteiger charge is 2.16. The number of fused-ring (bicyclic) bond motifs is 1. The molecule has 0 atom stereocenters. The van der Waals surface area contributed by atoms with E-state index in [0.29, 0.717) is 34.7 Å². The van der Waals surface area contributed by atoms with E-state index in [2.05, 4.69) is 32.2 Å². The number of nitrogens with one attached hydrogen (secondary N) is 1. The fraction of sp³-hybridized carbons (Fsp3) is 0.227. The van der Waals surface area contributed by atoms with Crippen LogP contribution in [-0.4, -0.2) is 40.8 Å². The lowest BCUT2D eigenvalue weighted by molar-refractivity contribution is 0.324. The molecule has 0 radical (unpaired) electrons. The van der Waals surface area contributed by atoms with Gasteiger partial charge in [-0.25, -0.2) is 15.0 Å². The van der Waals surface area contributed by atoms with Crippen molar-refractivity contribution in [2.45, 2.75) is 13.8 Å². The highest BCUT2D eigenvalue weighted by molar-refractivity contribution is 7.18. The smallest absolute Gasteiger partial charge is 0.203 e. The standard InChI is InChI=1S/C22H23N5O3S/c1-12(2)21-25-18-13(3)10-31-20(18)22(26-21)24-17-9-27(11-23-17)14-7-15(28-4)19(30-6)16(8-14)29-5/h7-11H,1H2,2-6H3,(H,24,25,26). The molecule has 0 unspecified atom stereocenters. The first kappa shape index (κ1) is 20.7. The number of anilines is 2. The SMILES string of the molecule is C=C(C)c1nc(Nc2cn(-c3cc(OC)c(OC)c(OC)c3)cn2)c2scc(C)c2n1. The molecule has 0 aliphatic rings. The van der Waals surface area contributed by atoms with Gasteiger partial charge in [-0.15, -0.1) is 11.3 Å². The number of aryl methyl sites for hydroxylation is 1. The van der Waals surface area contributed by atoms with Crippen LogP contribution in [0.25, 0.3) is 21.5 Å². The normalized spacial score (nSPS) is 10.9. The Balaban J connectivity index is 1.72. The summed E-state index contributed by atoms with van der Waals surface area (Å²) in [5.41, 5.74) is 3.65. The minimum absolute atomic E-state index is 0.538. The molecule has 31 heavy (non-hydrogen) atoms. The maximum atomic E-state index is 5.45. The number of imidazole rings is 1. The average molecular weight is 438 g/mol. The largest absolute Gasteiger partial charge is 0.493 e. The molecular weight excluding hydrogens is 414 g/mol. The van der Waals surface area contributed by atoms with Crippen LogP contribution in [0.15, 0.2) is 36.6 Å². The van der Waals surface area contributed by atoms with Crippen LogP contribution in [-0.2, 0) is 0 Å². The van der Waals surface area contributed by atoms with E-state index in [1.54, 1.807) is 39.0 Å². The van der Waals surface area contributed by atoms with Gasteiger partial charge in [0.05, 0.1) is 43.4 Å². The number of nitrogens with zero attached hydrogens (tertiary/aromatic N) is 4. The van der Waals surface area contributed by atoms with Crippen molar-refractivity contribution < 1.29 is 14.2 Å². The molecule has 4 rings (SSSR count). The fourth-order valence-corrected chi connectivity index (χ4v) is 4.11. The number of methoxy groups -OCH3 is 3. The Kier molecular flexibility index (Phi) is 5.51. The molecule has 0 amide bonds. The highest BCUT2D eigenvalue weighted by Crippen LogP contribution is 2.39. The van der Waals surface area contributed by atoms with Gasteiger partial charge in [-0.1, -0.05) is 6.58 Å². The summed E-state index contributed by atoms with van der Waals surface area (Å²) < 4.78 is 19.1. The van der Waals surface area contributed by atoms with Crippen molar-refractivity contribution in [3.8, 4) is 22.9 Å². The second kappa shape index (κ2) is 8.27. The van der Waals surface area contributed by atoms with Gasteiger partial charge in [0.1, 0.15) is 12.1 Å². The molecule has 0 saturated carbocycles. The van der Waals surface area contributed by atoms with Crippen LogP contribution in [0.1, 0.15) is 18.3 Å². The molecule has 0 aliphatic carbocycles. The fourth-order valence-electron chi connectivity index (χ4n) is 3.17. The van der Waals surface area contributed by atoms with Gasteiger partial charge in [0.15, 0.2) is 23.1 Å². The third kappa shape index (κ3) is 3.79. The van der Waals surface area contributed by atoms with E-state index < -0.39 is 0 Å². The molecule has 0 fully saturated rings. The molecule has 0 saturated heterocycles. The molecule has 0 aliphatic heterocycles. The molecule has 3 aromatic heterocycles. The number of allylic oxidation sites excluding steroid dienone is 1. The van der Waals surface area contributed by atoms with Gasteiger partial charge in [0.25, 0.3) is 0 Å². The molecule has 160 valence electrons. The quantitative estimate of drug-likeness (QED) is 0.436. The summed E-state index contributed by atoms with van der Waals surface area (Å²) in [5, 5.41) is 5.40. The molecule has 8 nitrogen and oxygen atoms in total. The van der Waals surface area contributed by atoms with Crippen LogP contribution in [0.2, 0.25) is 0 Å². The minimum atomic E-state index is 0.538. The Labute approximate surface area is 184 Å². The maximum absolute atomic E-state index is 5.45. The van der Waals surface area contributed by atoms with Gasteiger partial charge in [0, 0.05) is 12.1 Å². The second-order valence-electron chi connectivity index (χ2n) is 6.95. The minimum Gasteiger partial charge on any atom is -0.493 e. The summed E-state index contributed by atoms with van der Waals surface area (Å²) in [5.74, 6) is 3.63. The van der Waals surface area contributed by atoms with E-state index in [0.717, 1.165) is 27.0 Å². The monoisotopic (exact) mass is 437 g/mol. The average Bonchev–Trinajstić information content (AvgIpc) is 3.39. The summed E-state index contributed by atoms with van der Waals surface area (Å²) >= 11 is 1.60. The van der Waals surface area contributed by atoms with Crippen molar-refractivity contribution in [1.29, 1.82) is 0 Å². The zero-order chi connectivity index (χ0) is 22.1. The summed E-state index contributed by atoms with van der Waals surface area (Å²) in [6, 6.07) is 3.72. The van der Waals surface area contributed by atoms with Crippen LogP contribution >= 0.6 is 11.3 Å². The number of hydrogen-bond acceptors (Lipinski definition) is 8.